The Labute approximate surface area is 235 Å². The lowest BCUT2D eigenvalue weighted by Gasteiger charge is -2.29. The minimum Gasteiger partial charge on any atom is -0.507 e. The predicted octanol–water partition coefficient (Wildman–Crippen LogP) is 4.17. The summed E-state index contributed by atoms with van der Waals surface area (Å²) >= 11 is 0. The summed E-state index contributed by atoms with van der Waals surface area (Å²) in [4.78, 5) is 30.8. The van der Waals surface area contributed by atoms with Gasteiger partial charge in [0.05, 0.1) is 31.4 Å². The highest BCUT2D eigenvalue weighted by Gasteiger charge is 2.46. The summed E-state index contributed by atoms with van der Waals surface area (Å²) in [6.07, 6.45) is 3.83. The molecule has 2 aromatic rings. The highest BCUT2D eigenvalue weighted by atomic mass is 16.6. The van der Waals surface area contributed by atoms with Crippen LogP contribution in [0.3, 0.4) is 0 Å². The van der Waals surface area contributed by atoms with Crippen LogP contribution in [0.5, 0.6) is 17.2 Å². The molecule has 0 aromatic heterocycles. The molecule has 2 aromatic carbocycles. The summed E-state index contributed by atoms with van der Waals surface area (Å²) in [6.45, 7) is 7.86. The maximum absolute atomic E-state index is 13.5. The molecule has 2 fully saturated rings. The van der Waals surface area contributed by atoms with Gasteiger partial charge in [-0.2, -0.15) is 0 Å². The number of hydrogen-bond donors (Lipinski definition) is 1. The molecule has 5 rings (SSSR count). The largest absolute Gasteiger partial charge is 0.507 e. The summed E-state index contributed by atoms with van der Waals surface area (Å²) in [5, 5.41) is 11.5. The average molecular weight is 551 g/mol. The third-order valence-electron chi connectivity index (χ3n) is 7.52. The molecule has 1 N–H and O–H groups in total. The third kappa shape index (κ3) is 6.26. The molecule has 0 radical (unpaired) electrons. The van der Waals surface area contributed by atoms with Crippen LogP contribution in [-0.4, -0.2) is 85.8 Å². The van der Waals surface area contributed by atoms with E-state index in [1.54, 1.807) is 23.1 Å². The zero-order valence-corrected chi connectivity index (χ0v) is 23.1. The van der Waals surface area contributed by atoms with Gasteiger partial charge < -0.3 is 29.0 Å². The van der Waals surface area contributed by atoms with Crippen LogP contribution in [-0.2, 0) is 14.3 Å². The van der Waals surface area contributed by atoms with Crippen LogP contribution in [0.15, 0.2) is 48.0 Å². The quantitative estimate of drug-likeness (QED) is 0.193. The van der Waals surface area contributed by atoms with Gasteiger partial charge in [-0.15, -0.1) is 0 Å². The predicted molar refractivity (Wildman–Crippen MR) is 150 cm³/mol. The second-order valence-electron chi connectivity index (χ2n) is 10.3. The van der Waals surface area contributed by atoms with Crippen molar-refractivity contribution in [1.82, 2.24) is 9.80 Å². The van der Waals surface area contributed by atoms with E-state index in [4.69, 9.17) is 18.9 Å². The van der Waals surface area contributed by atoms with Crippen molar-refractivity contribution >= 4 is 17.4 Å². The van der Waals surface area contributed by atoms with Crippen molar-refractivity contribution in [3.05, 3.63) is 59.2 Å². The summed E-state index contributed by atoms with van der Waals surface area (Å²) in [5.41, 5.74) is 1.18. The Morgan fingerprint density at radius 3 is 2.55 bits per heavy atom. The topological polar surface area (TPSA) is 97.8 Å². The van der Waals surface area contributed by atoms with Gasteiger partial charge in [-0.1, -0.05) is 31.9 Å². The van der Waals surface area contributed by atoms with Gasteiger partial charge in [0.2, 0.25) is 0 Å². The monoisotopic (exact) mass is 550 g/mol. The first-order valence-corrected chi connectivity index (χ1v) is 14.3. The lowest BCUT2D eigenvalue weighted by atomic mass is 9.95. The van der Waals surface area contributed by atoms with E-state index in [-0.39, 0.29) is 11.3 Å². The molecular weight excluding hydrogens is 512 g/mol. The van der Waals surface area contributed by atoms with Gasteiger partial charge in [-0.25, -0.2) is 0 Å². The molecule has 1 atom stereocenters. The van der Waals surface area contributed by atoms with Crippen molar-refractivity contribution in [2.45, 2.75) is 38.6 Å². The number of hydrogen-bond acceptors (Lipinski definition) is 8. The Morgan fingerprint density at radius 2 is 1.75 bits per heavy atom. The molecule has 1 unspecified atom stereocenters. The minimum absolute atomic E-state index is 0.0659. The molecule has 0 bridgehead atoms. The maximum Gasteiger partial charge on any atom is 0.295 e. The molecule has 9 heteroatoms. The maximum atomic E-state index is 13.5. The number of benzene rings is 2. The fourth-order valence-electron chi connectivity index (χ4n) is 5.41. The van der Waals surface area contributed by atoms with E-state index < -0.39 is 17.7 Å². The number of fused-ring (bicyclic) bond motifs is 1. The Morgan fingerprint density at radius 1 is 0.950 bits per heavy atom. The highest BCUT2D eigenvalue weighted by molar-refractivity contribution is 6.46. The molecule has 2 saturated heterocycles. The highest BCUT2D eigenvalue weighted by Crippen LogP contribution is 2.41. The number of morpholine rings is 1. The molecular formula is C31H38N2O7. The van der Waals surface area contributed by atoms with E-state index >= 15 is 0 Å². The molecule has 0 saturated carbocycles. The van der Waals surface area contributed by atoms with E-state index in [0.717, 1.165) is 44.5 Å². The second-order valence-corrected chi connectivity index (χ2v) is 10.3. The van der Waals surface area contributed by atoms with Gasteiger partial charge in [-0.3, -0.25) is 14.5 Å². The number of rotatable bonds is 11. The number of carbonyl (C=O) groups is 2. The summed E-state index contributed by atoms with van der Waals surface area (Å²) in [7, 11) is 0. The number of nitrogens with zero attached hydrogens (tertiary/aromatic N) is 2. The first-order valence-electron chi connectivity index (χ1n) is 14.3. The molecule has 3 heterocycles. The number of carbonyl (C=O) groups excluding carboxylic acids is 2. The number of ketones is 1. The number of amides is 1. The van der Waals surface area contributed by atoms with E-state index in [0.29, 0.717) is 68.8 Å². The van der Waals surface area contributed by atoms with E-state index in [2.05, 4.69) is 11.8 Å². The van der Waals surface area contributed by atoms with E-state index in [9.17, 15) is 14.7 Å². The van der Waals surface area contributed by atoms with Crippen molar-refractivity contribution in [3.8, 4) is 17.2 Å². The lowest BCUT2D eigenvalue weighted by molar-refractivity contribution is -0.140. The van der Waals surface area contributed by atoms with Crippen LogP contribution < -0.4 is 14.2 Å². The van der Waals surface area contributed by atoms with Crippen molar-refractivity contribution in [1.29, 1.82) is 0 Å². The molecule has 40 heavy (non-hydrogen) atoms. The minimum atomic E-state index is -0.739. The van der Waals surface area contributed by atoms with Gasteiger partial charge in [0.15, 0.2) is 11.5 Å². The molecule has 0 aliphatic carbocycles. The van der Waals surface area contributed by atoms with Crippen LogP contribution >= 0.6 is 0 Å². The Kier molecular flexibility index (Phi) is 9.23. The Balaban J connectivity index is 1.46. The zero-order valence-electron chi connectivity index (χ0n) is 23.1. The van der Waals surface area contributed by atoms with Crippen LogP contribution in [0.1, 0.15) is 49.8 Å². The lowest BCUT2D eigenvalue weighted by Crippen LogP contribution is -2.38. The smallest absolute Gasteiger partial charge is 0.295 e. The second kappa shape index (κ2) is 13.2. The number of ether oxygens (including phenoxy) is 4. The van der Waals surface area contributed by atoms with Gasteiger partial charge >= 0.3 is 0 Å². The molecule has 0 spiro atoms. The fourth-order valence-corrected chi connectivity index (χ4v) is 5.41. The summed E-state index contributed by atoms with van der Waals surface area (Å²) in [5.74, 6) is 0.209. The van der Waals surface area contributed by atoms with Crippen LogP contribution in [0, 0.1) is 0 Å². The zero-order chi connectivity index (χ0) is 27.9. The van der Waals surface area contributed by atoms with E-state index in [1.807, 2.05) is 24.3 Å². The average Bonchev–Trinajstić information content (AvgIpc) is 3.24. The van der Waals surface area contributed by atoms with Crippen molar-refractivity contribution in [3.63, 3.8) is 0 Å². The SMILES string of the molecule is CCCCCOc1cccc(C2/C(=C(/O)c3ccc4c(c3)OCCO4)C(=O)C(=O)N2CCCN2CCOCC2)c1. The standard InChI is InChI=1S/C31H38N2O7/c1-2-3-4-15-38-24-8-5-7-22(20-24)28-27(29(34)23-9-10-25-26(21-23)40-19-18-39-25)30(35)31(36)33(28)12-6-11-32-13-16-37-17-14-32/h5,7-10,20-21,28,34H,2-4,6,11-19H2,1H3/b29-27-. The number of likely N-dealkylation sites (tertiary alicyclic amines) is 1. The molecule has 3 aliphatic rings. The first kappa shape index (κ1) is 28.0. The van der Waals surface area contributed by atoms with Gasteiger partial charge in [0.1, 0.15) is 24.7 Å². The number of aliphatic hydroxyl groups is 1. The Hall–Kier alpha value is -3.56. The molecule has 214 valence electrons. The number of aliphatic hydroxyl groups excluding tert-OH is 1. The first-order chi connectivity index (χ1) is 19.6. The van der Waals surface area contributed by atoms with Crippen molar-refractivity contribution in [2.75, 3.05) is 59.2 Å². The molecule has 3 aliphatic heterocycles. The summed E-state index contributed by atoms with van der Waals surface area (Å²) in [6, 6.07) is 11.8. The van der Waals surface area contributed by atoms with Crippen LogP contribution in [0.4, 0.5) is 0 Å². The van der Waals surface area contributed by atoms with Crippen molar-refractivity contribution < 1.29 is 33.6 Å². The van der Waals surface area contributed by atoms with Gasteiger partial charge in [-0.05, 0) is 48.7 Å². The summed E-state index contributed by atoms with van der Waals surface area (Å²) < 4.78 is 22.7. The number of unbranched alkanes of at least 4 members (excludes halogenated alkanes) is 2. The third-order valence-corrected chi connectivity index (χ3v) is 7.52. The number of Topliss-reactive ketones (excluding diaryl/α,β-unsaturated/α-hetero) is 1. The molecule has 1 amide bonds. The van der Waals surface area contributed by atoms with Crippen molar-refractivity contribution in [2.24, 2.45) is 0 Å². The van der Waals surface area contributed by atoms with Crippen LogP contribution in [0.2, 0.25) is 0 Å². The fraction of sp³-hybridized carbons (Fsp3) is 0.484. The van der Waals surface area contributed by atoms with Gasteiger partial charge in [0.25, 0.3) is 11.7 Å². The Bertz CT molecular complexity index is 1240. The van der Waals surface area contributed by atoms with E-state index in [1.165, 1.54) is 0 Å². The normalized spacial score (nSPS) is 20.6. The molecule has 9 nitrogen and oxygen atoms in total. The van der Waals surface area contributed by atoms with Gasteiger partial charge in [0, 0.05) is 31.7 Å². The van der Waals surface area contributed by atoms with Crippen LogP contribution in [0.25, 0.3) is 5.76 Å².